The summed E-state index contributed by atoms with van der Waals surface area (Å²) in [4.78, 5) is 12.2. The van der Waals surface area contributed by atoms with Crippen molar-refractivity contribution in [3.05, 3.63) is 58.7 Å². The van der Waals surface area contributed by atoms with E-state index in [9.17, 15) is 4.79 Å². The Morgan fingerprint density at radius 2 is 1.74 bits per heavy atom. The van der Waals surface area contributed by atoms with Crippen molar-refractivity contribution in [1.82, 2.24) is 0 Å². The van der Waals surface area contributed by atoms with Gasteiger partial charge in [-0.1, -0.05) is 37.3 Å². The number of aryl methyl sites for hydroxylation is 3. The normalized spacial score (nSPS) is 10.4. The molecule has 2 aromatic carbocycles. The zero-order valence-electron chi connectivity index (χ0n) is 14.4. The van der Waals surface area contributed by atoms with Crippen LogP contribution in [0.5, 0.6) is 5.75 Å². The lowest BCUT2D eigenvalue weighted by atomic mass is 10.1. The summed E-state index contributed by atoms with van der Waals surface area (Å²) >= 11 is 0. The van der Waals surface area contributed by atoms with E-state index in [1.807, 2.05) is 38.1 Å². The zero-order chi connectivity index (χ0) is 16.8. The second-order valence-electron chi connectivity index (χ2n) is 5.81. The van der Waals surface area contributed by atoms with Crippen molar-refractivity contribution in [3.8, 4) is 5.75 Å². The molecule has 2 rings (SSSR count). The second kappa shape index (κ2) is 7.82. The van der Waals surface area contributed by atoms with Gasteiger partial charge >= 0.3 is 0 Å². The molecule has 0 unspecified atom stereocenters. The first-order valence-electron chi connectivity index (χ1n) is 8.10. The van der Waals surface area contributed by atoms with Gasteiger partial charge in [0.2, 0.25) is 5.91 Å². The molecule has 0 saturated heterocycles. The Morgan fingerprint density at radius 3 is 2.48 bits per heavy atom. The third-order valence-corrected chi connectivity index (χ3v) is 4.15. The monoisotopic (exact) mass is 311 g/mol. The molecule has 0 aliphatic rings. The quantitative estimate of drug-likeness (QED) is 0.848. The molecule has 0 bridgehead atoms. The molecule has 3 nitrogen and oxygen atoms in total. The summed E-state index contributed by atoms with van der Waals surface area (Å²) in [6, 6.07) is 12.1. The predicted octanol–water partition coefficient (Wildman–Crippen LogP) is 4.58. The summed E-state index contributed by atoms with van der Waals surface area (Å²) in [5.74, 6) is 0.835. The molecule has 3 heteroatoms. The van der Waals surface area contributed by atoms with Crippen LogP contribution in [0.3, 0.4) is 0 Å². The van der Waals surface area contributed by atoms with E-state index in [1.165, 1.54) is 5.56 Å². The topological polar surface area (TPSA) is 38.3 Å². The number of hydrogen-bond donors (Lipinski definition) is 1. The lowest BCUT2D eigenvalue weighted by Gasteiger charge is -2.14. The van der Waals surface area contributed by atoms with E-state index in [0.29, 0.717) is 13.0 Å². The highest BCUT2D eigenvalue weighted by molar-refractivity contribution is 5.92. The fraction of sp³-hybridized carbons (Fsp3) is 0.350. The minimum absolute atomic E-state index is 0.0145. The number of benzene rings is 2. The van der Waals surface area contributed by atoms with Gasteiger partial charge in [0.25, 0.3) is 0 Å². The Morgan fingerprint density at radius 1 is 1.04 bits per heavy atom. The van der Waals surface area contributed by atoms with Crippen molar-refractivity contribution in [3.63, 3.8) is 0 Å². The summed E-state index contributed by atoms with van der Waals surface area (Å²) in [6.07, 6.45) is 1.24. The molecular weight excluding hydrogens is 286 g/mol. The largest absolute Gasteiger partial charge is 0.493 e. The molecule has 122 valence electrons. The highest BCUT2D eigenvalue weighted by atomic mass is 16.5. The van der Waals surface area contributed by atoms with Crippen molar-refractivity contribution in [1.29, 1.82) is 0 Å². The molecule has 0 radical (unpaired) electrons. The maximum absolute atomic E-state index is 12.2. The molecule has 0 aliphatic carbocycles. The first-order valence-corrected chi connectivity index (χ1v) is 8.10. The highest BCUT2D eigenvalue weighted by Gasteiger charge is 2.09. The van der Waals surface area contributed by atoms with Gasteiger partial charge in [0.15, 0.2) is 0 Å². The zero-order valence-corrected chi connectivity index (χ0v) is 14.4. The number of nitrogens with one attached hydrogen (secondary N) is 1. The third-order valence-electron chi connectivity index (χ3n) is 4.15. The standard InChI is InChI=1S/C20H25NO2/c1-5-17-10-6-9-15(3)20(17)21-19(22)12-13-23-18-11-7-8-14(2)16(18)4/h6-11H,5,12-13H2,1-4H3,(H,21,22). The van der Waals surface area contributed by atoms with E-state index in [-0.39, 0.29) is 5.91 Å². The molecule has 0 atom stereocenters. The molecule has 1 amide bonds. The Bertz CT molecular complexity index is 692. The first kappa shape index (κ1) is 17.1. The SMILES string of the molecule is CCc1cccc(C)c1NC(=O)CCOc1cccc(C)c1C. The third kappa shape index (κ3) is 4.35. The van der Waals surface area contributed by atoms with Gasteiger partial charge in [-0.3, -0.25) is 4.79 Å². The maximum atomic E-state index is 12.2. The van der Waals surface area contributed by atoms with Gasteiger partial charge in [0.05, 0.1) is 13.0 Å². The van der Waals surface area contributed by atoms with Crippen LogP contribution in [0.2, 0.25) is 0 Å². The summed E-state index contributed by atoms with van der Waals surface area (Å²) in [5.41, 5.74) is 5.51. The number of anilines is 1. The summed E-state index contributed by atoms with van der Waals surface area (Å²) < 4.78 is 5.75. The summed E-state index contributed by atoms with van der Waals surface area (Å²) in [5, 5.41) is 3.02. The first-order chi connectivity index (χ1) is 11.0. The Balaban J connectivity index is 1.92. The van der Waals surface area contributed by atoms with Crippen molar-refractivity contribution in [2.24, 2.45) is 0 Å². The van der Waals surface area contributed by atoms with Crippen LogP contribution >= 0.6 is 0 Å². The number of carbonyl (C=O) groups excluding carboxylic acids is 1. The van der Waals surface area contributed by atoms with E-state index >= 15 is 0 Å². The fourth-order valence-electron chi connectivity index (χ4n) is 2.54. The molecule has 2 aromatic rings. The molecule has 0 heterocycles. The van der Waals surface area contributed by atoms with Crippen molar-refractivity contribution >= 4 is 11.6 Å². The molecule has 1 N–H and O–H groups in total. The van der Waals surface area contributed by atoms with Gasteiger partial charge in [-0.15, -0.1) is 0 Å². The fourth-order valence-corrected chi connectivity index (χ4v) is 2.54. The molecular formula is C20H25NO2. The van der Waals surface area contributed by atoms with Crippen LogP contribution in [0.15, 0.2) is 36.4 Å². The van der Waals surface area contributed by atoms with Crippen LogP contribution in [0, 0.1) is 20.8 Å². The highest BCUT2D eigenvalue weighted by Crippen LogP contribution is 2.22. The molecule has 0 fully saturated rings. The van der Waals surface area contributed by atoms with Gasteiger partial charge in [0, 0.05) is 5.69 Å². The van der Waals surface area contributed by atoms with Gasteiger partial charge < -0.3 is 10.1 Å². The number of amides is 1. The van der Waals surface area contributed by atoms with Crippen LogP contribution in [0.25, 0.3) is 0 Å². The average molecular weight is 311 g/mol. The van der Waals surface area contributed by atoms with Crippen molar-refractivity contribution < 1.29 is 9.53 Å². The summed E-state index contributed by atoms with van der Waals surface area (Å²) in [7, 11) is 0. The molecule has 0 aromatic heterocycles. The Hall–Kier alpha value is -2.29. The predicted molar refractivity (Wildman–Crippen MR) is 95.2 cm³/mol. The number of para-hydroxylation sites is 1. The molecule has 0 aliphatic heterocycles. The van der Waals surface area contributed by atoms with Crippen LogP contribution < -0.4 is 10.1 Å². The number of rotatable bonds is 6. The maximum Gasteiger partial charge on any atom is 0.227 e. The van der Waals surface area contributed by atoms with Crippen LogP contribution in [-0.2, 0) is 11.2 Å². The van der Waals surface area contributed by atoms with Gasteiger partial charge in [-0.2, -0.15) is 0 Å². The second-order valence-corrected chi connectivity index (χ2v) is 5.81. The molecule has 0 saturated carbocycles. The van der Waals surface area contributed by atoms with Gasteiger partial charge in [-0.05, 0) is 55.5 Å². The van der Waals surface area contributed by atoms with Crippen molar-refractivity contribution in [2.45, 2.75) is 40.5 Å². The van der Waals surface area contributed by atoms with Gasteiger partial charge in [-0.25, -0.2) is 0 Å². The smallest absolute Gasteiger partial charge is 0.227 e. The van der Waals surface area contributed by atoms with Crippen LogP contribution in [0.1, 0.15) is 35.6 Å². The van der Waals surface area contributed by atoms with E-state index < -0.39 is 0 Å². The lowest BCUT2D eigenvalue weighted by molar-refractivity contribution is -0.116. The van der Waals surface area contributed by atoms with Crippen LogP contribution in [0.4, 0.5) is 5.69 Å². The van der Waals surface area contributed by atoms with E-state index in [1.54, 1.807) is 0 Å². The van der Waals surface area contributed by atoms with Crippen LogP contribution in [-0.4, -0.2) is 12.5 Å². The van der Waals surface area contributed by atoms with E-state index in [2.05, 4.69) is 31.3 Å². The Labute approximate surface area is 138 Å². The Kier molecular flexibility index (Phi) is 5.80. The minimum atomic E-state index is -0.0145. The average Bonchev–Trinajstić information content (AvgIpc) is 2.53. The van der Waals surface area contributed by atoms with Crippen molar-refractivity contribution in [2.75, 3.05) is 11.9 Å². The lowest BCUT2D eigenvalue weighted by Crippen LogP contribution is -2.17. The van der Waals surface area contributed by atoms with E-state index in [0.717, 1.165) is 34.5 Å². The minimum Gasteiger partial charge on any atom is -0.493 e. The van der Waals surface area contributed by atoms with E-state index in [4.69, 9.17) is 4.74 Å². The molecule has 23 heavy (non-hydrogen) atoms. The summed E-state index contributed by atoms with van der Waals surface area (Å²) in [6.45, 7) is 8.57. The van der Waals surface area contributed by atoms with Gasteiger partial charge in [0.1, 0.15) is 5.75 Å². The number of ether oxygens (including phenoxy) is 1. The number of hydrogen-bond acceptors (Lipinski definition) is 2. The molecule has 0 spiro atoms. The number of carbonyl (C=O) groups is 1.